The fraction of sp³-hybridized carbons (Fsp3) is 0.267. The third kappa shape index (κ3) is 6.99. The summed E-state index contributed by atoms with van der Waals surface area (Å²) in [5.74, 6) is -0.171. The first kappa shape index (κ1) is 20.6. The topological polar surface area (TPSA) is 86.7 Å². The molecule has 1 N–H and O–H groups in total. The van der Waals surface area contributed by atoms with Crippen LogP contribution in [0.3, 0.4) is 0 Å². The van der Waals surface area contributed by atoms with E-state index >= 15 is 0 Å². The quantitative estimate of drug-likeness (QED) is 0.409. The number of hydrogen-bond donors (Lipinski definition) is 1. The van der Waals surface area contributed by atoms with E-state index in [4.69, 9.17) is 10.3 Å². The van der Waals surface area contributed by atoms with Crippen LogP contribution >= 0.6 is 0 Å². The summed E-state index contributed by atoms with van der Waals surface area (Å²) in [5.41, 5.74) is -0.444. The Morgan fingerprint density at radius 3 is 2.25 bits per heavy atom. The summed E-state index contributed by atoms with van der Waals surface area (Å²) in [4.78, 5) is 13.9. The van der Waals surface area contributed by atoms with Gasteiger partial charge in [-0.15, -0.1) is 0 Å². The van der Waals surface area contributed by atoms with Gasteiger partial charge in [0.2, 0.25) is 0 Å². The van der Waals surface area contributed by atoms with Crippen LogP contribution in [0, 0.1) is 0 Å². The largest absolute Gasteiger partial charge is 0.503 e. The van der Waals surface area contributed by atoms with E-state index in [1.807, 2.05) is 36.4 Å². The third-order valence-corrected chi connectivity index (χ3v) is 3.22. The average molecular weight is 457 g/mol. The molecule has 0 radical (unpaired) electrons. The van der Waals surface area contributed by atoms with Crippen molar-refractivity contribution in [2.75, 3.05) is 7.05 Å². The Hall–Kier alpha value is -1.43. The zero-order valence-electron chi connectivity index (χ0n) is 12.5. The molecule has 0 saturated carbocycles. The Morgan fingerprint density at radius 1 is 1.25 bits per heavy atom. The van der Waals surface area contributed by atoms with Crippen molar-refractivity contribution in [3.8, 4) is 0 Å². The van der Waals surface area contributed by atoms with E-state index in [9.17, 15) is 18.0 Å². The third-order valence-electron chi connectivity index (χ3n) is 3.22. The van der Waals surface area contributed by atoms with Crippen molar-refractivity contribution in [2.24, 2.45) is 0 Å². The zero-order chi connectivity index (χ0) is 18.3. The van der Waals surface area contributed by atoms with Gasteiger partial charge in [0.15, 0.2) is 5.78 Å². The van der Waals surface area contributed by atoms with Crippen molar-refractivity contribution in [3.63, 3.8) is 0 Å². The van der Waals surface area contributed by atoms with E-state index in [0.717, 1.165) is 12.1 Å². The number of rotatable bonds is 3. The predicted octanol–water partition coefficient (Wildman–Crippen LogP) is -2.27. The minimum atomic E-state index is -4.38. The number of hydrogen-bond acceptors (Lipinski definition) is 5. The van der Waals surface area contributed by atoms with Crippen LogP contribution in [0.25, 0.3) is 0 Å². The molecule has 24 heavy (non-hydrogen) atoms. The van der Waals surface area contributed by atoms with E-state index in [2.05, 4.69) is 0 Å². The molecule has 2 rings (SSSR count). The Balaban J connectivity index is 0.000000648. The summed E-state index contributed by atoms with van der Waals surface area (Å²) in [6.07, 6.45) is 3.32. The van der Waals surface area contributed by atoms with Crippen LogP contribution in [-0.4, -0.2) is 27.2 Å². The highest BCUT2D eigenvalue weighted by Crippen LogP contribution is 2.29. The lowest BCUT2D eigenvalue weighted by Gasteiger charge is -2.25. The molecule has 9 heteroatoms. The molecule has 1 atom stereocenters. The Kier molecular flexibility index (Phi) is 7.87. The Bertz CT molecular complexity index is 597. The molecular formula is C15H15F3INO4. The summed E-state index contributed by atoms with van der Waals surface area (Å²) in [6.45, 7) is 0. The SMILES string of the molecule is CN1C=CC=CC1CC(=O)c1ccc(C(F)(F)F)cc1.[O-][I+2]([O-])O. The van der Waals surface area contributed by atoms with Crippen molar-refractivity contribution in [3.05, 3.63) is 59.8 Å². The molecule has 0 amide bonds. The van der Waals surface area contributed by atoms with E-state index in [-0.39, 0.29) is 18.2 Å². The monoisotopic (exact) mass is 457 g/mol. The standard InChI is InChI=1S/C15H14F3NO.HIO3/c1-19-9-3-2-4-13(19)10-14(20)11-5-7-12(8-6-11)15(16,17)18;2-1(3)4/h2-9,13H,10H2,1H3;2H. The van der Waals surface area contributed by atoms with Crippen LogP contribution < -0.4 is 27.9 Å². The van der Waals surface area contributed by atoms with Gasteiger partial charge >= 0.3 is 27.2 Å². The van der Waals surface area contributed by atoms with E-state index < -0.39 is 32.8 Å². The van der Waals surface area contributed by atoms with Gasteiger partial charge in [-0.2, -0.15) is 13.2 Å². The number of carbonyl (C=O) groups is 1. The Morgan fingerprint density at radius 2 is 1.79 bits per heavy atom. The summed E-state index contributed by atoms with van der Waals surface area (Å²) < 4.78 is 61.8. The minimum absolute atomic E-state index is 0.0604. The van der Waals surface area contributed by atoms with Crippen LogP contribution in [0.4, 0.5) is 13.2 Å². The molecule has 1 aliphatic rings. The van der Waals surface area contributed by atoms with Crippen LogP contribution in [0.5, 0.6) is 0 Å². The highest BCUT2D eigenvalue weighted by Gasteiger charge is 2.30. The number of likely N-dealkylation sites (N-methyl/N-ethyl adjacent to an activating group) is 1. The van der Waals surface area contributed by atoms with Crippen LogP contribution in [0.15, 0.2) is 48.7 Å². The number of ketones is 1. The molecule has 0 bridgehead atoms. The molecule has 1 aromatic rings. The molecular weight excluding hydrogens is 442 g/mol. The number of halogens is 4. The predicted molar refractivity (Wildman–Crippen MR) is 72.4 cm³/mol. The minimum Gasteiger partial charge on any atom is -0.396 e. The molecule has 0 spiro atoms. The number of benzene rings is 1. The fourth-order valence-electron chi connectivity index (χ4n) is 1.99. The highest BCUT2D eigenvalue weighted by atomic mass is 127. The second-order valence-corrected chi connectivity index (χ2v) is 6.01. The van der Waals surface area contributed by atoms with Crippen molar-refractivity contribution in [1.29, 1.82) is 0 Å². The molecule has 5 nitrogen and oxygen atoms in total. The molecule has 132 valence electrons. The number of carbonyl (C=O) groups excluding carboxylic acids is 1. The summed E-state index contributed by atoms with van der Waals surface area (Å²) >= 11 is -3.76. The van der Waals surface area contributed by atoms with Gasteiger partial charge in [-0.05, 0) is 27.8 Å². The maximum absolute atomic E-state index is 12.4. The van der Waals surface area contributed by atoms with Gasteiger partial charge in [0.05, 0.1) is 11.6 Å². The average Bonchev–Trinajstić information content (AvgIpc) is 2.48. The molecule has 0 fully saturated rings. The number of Topliss-reactive ketones (excluding diaryl/α,β-unsaturated/α-hetero) is 1. The molecule has 1 aliphatic heterocycles. The van der Waals surface area contributed by atoms with E-state index in [1.165, 1.54) is 12.1 Å². The maximum Gasteiger partial charge on any atom is 0.503 e. The van der Waals surface area contributed by atoms with Crippen LogP contribution in [0.2, 0.25) is 0 Å². The Labute approximate surface area is 145 Å². The van der Waals surface area contributed by atoms with E-state index in [1.54, 1.807) is 0 Å². The second-order valence-electron chi connectivity index (χ2n) is 4.86. The second kappa shape index (κ2) is 9.16. The van der Waals surface area contributed by atoms with Crippen LogP contribution in [0.1, 0.15) is 22.3 Å². The van der Waals surface area contributed by atoms with Gasteiger partial charge in [-0.1, -0.05) is 24.3 Å². The number of alkyl halides is 3. The summed E-state index contributed by atoms with van der Waals surface area (Å²) in [7, 11) is 1.85. The fourth-order valence-corrected chi connectivity index (χ4v) is 1.99. The molecule has 0 saturated heterocycles. The van der Waals surface area contributed by atoms with Gasteiger partial charge in [-0.3, -0.25) is 4.79 Å². The lowest BCUT2D eigenvalue weighted by atomic mass is 10.0. The molecule has 1 heterocycles. The molecule has 0 aromatic heterocycles. The first-order valence-electron chi connectivity index (χ1n) is 6.63. The summed E-state index contributed by atoms with van der Waals surface area (Å²) in [6, 6.07) is 4.28. The zero-order valence-corrected chi connectivity index (χ0v) is 14.7. The lowest BCUT2D eigenvalue weighted by molar-refractivity contribution is -1.63. The first-order chi connectivity index (χ1) is 11.1. The number of allylic oxidation sites excluding steroid dienone is 2. The normalized spacial score (nSPS) is 16.8. The number of nitrogens with zero attached hydrogens (tertiary/aromatic N) is 1. The molecule has 1 aromatic carbocycles. The van der Waals surface area contributed by atoms with Crippen molar-refractivity contribution < 1.29 is 49.3 Å². The smallest absolute Gasteiger partial charge is 0.396 e. The van der Waals surface area contributed by atoms with Gasteiger partial charge in [0, 0.05) is 19.0 Å². The van der Waals surface area contributed by atoms with Gasteiger partial charge < -0.3 is 11.8 Å². The maximum atomic E-state index is 12.4. The lowest BCUT2D eigenvalue weighted by Crippen LogP contribution is -3.98. The van der Waals surface area contributed by atoms with Gasteiger partial charge in [-0.25, -0.2) is 0 Å². The van der Waals surface area contributed by atoms with Crippen molar-refractivity contribution in [2.45, 2.75) is 18.6 Å². The van der Waals surface area contributed by atoms with Gasteiger partial charge in [0.1, 0.15) is 0 Å². The molecule has 1 unspecified atom stereocenters. The van der Waals surface area contributed by atoms with Crippen molar-refractivity contribution in [1.82, 2.24) is 4.90 Å². The van der Waals surface area contributed by atoms with E-state index in [0.29, 0.717) is 5.56 Å². The van der Waals surface area contributed by atoms with Crippen molar-refractivity contribution >= 4 is 5.78 Å². The summed E-state index contributed by atoms with van der Waals surface area (Å²) in [5, 5.41) is 0. The molecule has 0 aliphatic carbocycles. The van der Waals surface area contributed by atoms with Crippen LogP contribution in [-0.2, 0) is 6.18 Å². The van der Waals surface area contributed by atoms with Gasteiger partial charge in [0.25, 0.3) is 0 Å². The highest BCUT2D eigenvalue weighted by molar-refractivity contribution is 5.96. The first-order valence-corrected chi connectivity index (χ1v) is 9.36.